The Morgan fingerprint density at radius 1 is 1.30 bits per heavy atom. The van der Waals surface area contributed by atoms with E-state index in [1.807, 2.05) is 0 Å². The maximum atomic E-state index is 12.1. The molecule has 0 heterocycles. The molecule has 0 bridgehead atoms. The Balaban J connectivity index is 1.83. The molecule has 23 heavy (non-hydrogen) atoms. The van der Waals surface area contributed by atoms with Crippen LogP contribution in [0.1, 0.15) is 25.7 Å². The summed E-state index contributed by atoms with van der Waals surface area (Å²) in [5.41, 5.74) is -0.560. The van der Waals surface area contributed by atoms with Crippen LogP contribution < -0.4 is 15.4 Å². The summed E-state index contributed by atoms with van der Waals surface area (Å²) in [6.45, 7) is -1.25. The molecule has 0 saturated heterocycles. The van der Waals surface area contributed by atoms with E-state index in [2.05, 4.69) is 15.4 Å². The molecule has 8 heteroatoms. The second-order valence-electron chi connectivity index (χ2n) is 5.67. The zero-order valence-electron chi connectivity index (χ0n) is 12.4. The van der Waals surface area contributed by atoms with Gasteiger partial charge in [0.05, 0.1) is 5.60 Å². The number of carbonyl (C=O) groups excluding carboxylic acids is 1. The summed E-state index contributed by atoms with van der Waals surface area (Å²) < 4.78 is 40.9. The largest absolute Gasteiger partial charge is 0.484 e. The van der Waals surface area contributed by atoms with Crippen LogP contribution in [-0.2, 0) is 0 Å². The van der Waals surface area contributed by atoms with Crippen LogP contribution in [0.15, 0.2) is 24.3 Å². The SMILES string of the molecule is O=C(NCC1(O)CCCC1)Nc1cccc(OCC(F)(F)F)c1. The summed E-state index contributed by atoms with van der Waals surface area (Å²) >= 11 is 0. The second kappa shape index (κ2) is 7.08. The van der Waals surface area contributed by atoms with Gasteiger partial charge in [0.15, 0.2) is 6.61 Å². The molecule has 0 atom stereocenters. The number of aliphatic hydroxyl groups is 1. The number of rotatable bonds is 5. The first-order valence-electron chi connectivity index (χ1n) is 7.33. The van der Waals surface area contributed by atoms with E-state index >= 15 is 0 Å². The van der Waals surface area contributed by atoms with E-state index in [9.17, 15) is 23.1 Å². The molecule has 1 aromatic rings. The van der Waals surface area contributed by atoms with E-state index in [0.717, 1.165) is 12.8 Å². The number of alkyl halides is 3. The van der Waals surface area contributed by atoms with Gasteiger partial charge in [-0.1, -0.05) is 18.9 Å². The molecule has 0 aromatic heterocycles. The lowest BCUT2D eigenvalue weighted by Gasteiger charge is -2.22. The highest BCUT2D eigenvalue weighted by Gasteiger charge is 2.31. The molecule has 1 aromatic carbocycles. The summed E-state index contributed by atoms with van der Waals surface area (Å²) in [7, 11) is 0. The topological polar surface area (TPSA) is 70.6 Å². The van der Waals surface area contributed by atoms with Gasteiger partial charge in [-0.2, -0.15) is 13.2 Å². The van der Waals surface area contributed by atoms with E-state index in [-0.39, 0.29) is 12.3 Å². The van der Waals surface area contributed by atoms with Crippen molar-refractivity contribution < 1.29 is 27.8 Å². The van der Waals surface area contributed by atoms with Crippen molar-refractivity contribution in [3.8, 4) is 5.75 Å². The molecule has 128 valence electrons. The Bertz CT molecular complexity index is 543. The van der Waals surface area contributed by atoms with Gasteiger partial charge in [-0.25, -0.2) is 4.79 Å². The quantitative estimate of drug-likeness (QED) is 0.776. The lowest BCUT2D eigenvalue weighted by Crippen LogP contribution is -2.42. The van der Waals surface area contributed by atoms with Crippen molar-refractivity contribution in [2.75, 3.05) is 18.5 Å². The highest BCUT2D eigenvalue weighted by molar-refractivity contribution is 5.89. The maximum absolute atomic E-state index is 12.1. The molecule has 1 saturated carbocycles. The van der Waals surface area contributed by atoms with Gasteiger partial charge in [-0.3, -0.25) is 0 Å². The van der Waals surface area contributed by atoms with Crippen molar-refractivity contribution in [2.45, 2.75) is 37.5 Å². The van der Waals surface area contributed by atoms with Gasteiger partial charge >= 0.3 is 12.2 Å². The van der Waals surface area contributed by atoms with E-state index in [4.69, 9.17) is 0 Å². The van der Waals surface area contributed by atoms with Gasteiger partial charge in [0, 0.05) is 18.3 Å². The lowest BCUT2D eigenvalue weighted by atomic mass is 10.0. The highest BCUT2D eigenvalue weighted by Crippen LogP contribution is 2.28. The van der Waals surface area contributed by atoms with E-state index in [0.29, 0.717) is 18.5 Å². The van der Waals surface area contributed by atoms with Crippen LogP contribution in [0.2, 0.25) is 0 Å². The second-order valence-corrected chi connectivity index (χ2v) is 5.67. The van der Waals surface area contributed by atoms with Crippen LogP contribution in [0.25, 0.3) is 0 Å². The van der Waals surface area contributed by atoms with Crippen molar-refractivity contribution >= 4 is 11.7 Å². The minimum absolute atomic E-state index is 0.00884. The number of carbonyl (C=O) groups is 1. The normalized spacial score (nSPS) is 16.9. The van der Waals surface area contributed by atoms with Crippen molar-refractivity contribution in [1.82, 2.24) is 5.32 Å². The molecule has 2 amide bonds. The molecule has 2 rings (SSSR count). The summed E-state index contributed by atoms with van der Waals surface area (Å²) in [5.74, 6) is 0.00884. The lowest BCUT2D eigenvalue weighted by molar-refractivity contribution is -0.153. The number of ether oxygens (including phenoxy) is 1. The third-order valence-corrected chi connectivity index (χ3v) is 3.61. The fraction of sp³-hybridized carbons (Fsp3) is 0.533. The molecule has 3 N–H and O–H groups in total. The van der Waals surface area contributed by atoms with Gasteiger partial charge in [-0.05, 0) is 25.0 Å². The van der Waals surface area contributed by atoms with Gasteiger partial charge in [0.25, 0.3) is 0 Å². The van der Waals surface area contributed by atoms with Crippen LogP contribution in [0.3, 0.4) is 0 Å². The number of amides is 2. The summed E-state index contributed by atoms with van der Waals surface area (Å²) in [4.78, 5) is 11.8. The Hall–Kier alpha value is -1.96. The van der Waals surface area contributed by atoms with Gasteiger partial charge < -0.3 is 20.5 Å². The number of urea groups is 1. The summed E-state index contributed by atoms with van der Waals surface area (Å²) in [5, 5.41) is 15.2. The Morgan fingerprint density at radius 3 is 2.65 bits per heavy atom. The monoisotopic (exact) mass is 332 g/mol. The molecule has 1 aliphatic carbocycles. The molecular formula is C15H19F3N2O3. The Kier molecular flexibility index (Phi) is 5.35. The van der Waals surface area contributed by atoms with Gasteiger partial charge in [0.2, 0.25) is 0 Å². The smallest absolute Gasteiger partial charge is 0.422 e. The predicted molar refractivity (Wildman–Crippen MR) is 78.4 cm³/mol. The molecule has 5 nitrogen and oxygen atoms in total. The minimum atomic E-state index is -4.42. The first kappa shape index (κ1) is 17.4. The zero-order valence-corrected chi connectivity index (χ0v) is 12.4. The molecule has 0 unspecified atom stereocenters. The van der Waals surface area contributed by atoms with Crippen LogP contribution in [0, 0.1) is 0 Å². The summed E-state index contributed by atoms with van der Waals surface area (Å²) in [6.07, 6.45) is -1.27. The fourth-order valence-corrected chi connectivity index (χ4v) is 2.46. The zero-order chi connectivity index (χ0) is 16.9. The Labute approximate surface area is 131 Å². The van der Waals surface area contributed by atoms with Crippen molar-refractivity contribution in [2.24, 2.45) is 0 Å². The van der Waals surface area contributed by atoms with E-state index in [1.54, 1.807) is 0 Å². The average Bonchev–Trinajstić information content (AvgIpc) is 2.90. The third-order valence-electron chi connectivity index (χ3n) is 3.61. The number of hydrogen-bond donors (Lipinski definition) is 3. The van der Waals surface area contributed by atoms with Gasteiger partial charge in [-0.15, -0.1) is 0 Å². The number of benzene rings is 1. The van der Waals surface area contributed by atoms with Crippen molar-refractivity contribution in [3.63, 3.8) is 0 Å². The summed E-state index contributed by atoms with van der Waals surface area (Å²) in [6, 6.07) is 5.15. The number of anilines is 1. The first-order chi connectivity index (χ1) is 10.8. The maximum Gasteiger partial charge on any atom is 0.422 e. The molecule has 1 fully saturated rings. The van der Waals surface area contributed by atoms with Gasteiger partial charge in [0.1, 0.15) is 5.75 Å². The molecule has 1 aliphatic rings. The van der Waals surface area contributed by atoms with Crippen LogP contribution in [-0.4, -0.2) is 36.1 Å². The third kappa shape index (κ3) is 5.97. The molecule has 0 spiro atoms. The predicted octanol–water partition coefficient (Wildman–Crippen LogP) is 3.05. The molecule has 0 aliphatic heterocycles. The van der Waals surface area contributed by atoms with Crippen LogP contribution in [0.4, 0.5) is 23.7 Å². The minimum Gasteiger partial charge on any atom is -0.484 e. The first-order valence-corrected chi connectivity index (χ1v) is 7.33. The van der Waals surface area contributed by atoms with Crippen LogP contribution in [0.5, 0.6) is 5.75 Å². The van der Waals surface area contributed by atoms with E-state index < -0.39 is 24.4 Å². The standard InChI is InChI=1S/C15H19F3N2O3/c16-15(17,18)10-23-12-5-3-4-11(8-12)20-13(21)19-9-14(22)6-1-2-7-14/h3-5,8,22H,1-2,6-7,9-10H2,(H2,19,20,21). The van der Waals surface area contributed by atoms with Crippen molar-refractivity contribution in [3.05, 3.63) is 24.3 Å². The highest BCUT2D eigenvalue weighted by atomic mass is 19.4. The number of hydrogen-bond acceptors (Lipinski definition) is 3. The number of halogens is 3. The molecule has 0 radical (unpaired) electrons. The number of nitrogens with one attached hydrogen (secondary N) is 2. The van der Waals surface area contributed by atoms with E-state index in [1.165, 1.54) is 24.3 Å². The molecular weight excluding hydrogens is 313 g/mol. The Morgan fingerprint density at radius 2 is 2.00 bits per heavy atom. The fourth-order valence-electron chi connectivity index (χ4n) is 2.46. The average molecular weight is 332 g/mol. The van der Waals surface area contributed by atoms with Crippen LogP contribution >= 0.6 is 0 Å². The van der Waals surface area contributed by atoms with Crippen molar-refractivity contribution in [1.29, 1.82) is 0 Å².